The molecule has 1 unspecified atom stereocenters. The Morgan fingerprint density at radius 2 is 2.33 bits per heavy atom. The van der Waals surface area contributed by atoms with Crippen LogP contribution in [0.4, 0.5) is 4.39 Å². The van der Waals surface area contributed by atoms with Gasteiger partial charge < -0.3 is 10.6 Å². The average Bonchev–Trinajstić information content (AvgIpc) is 2.85. The number of benzene rings is 1. The molecule has 21 heavy (non-hydrogen) atoms. The normalized spacial score (nSPS) is 21.8. The number of rotatable bonds is 5. The van der Waals surface area contributed by atoms with Crippen molar-refractivity contribution >= 4 is 33.6 Å². The van der Waals surface area contributed by atoms with Crippen molar-refractivity contribution in [3.05, 3.63) is 34.1 Å². The van der Waals surface area contributed by atoms with Crippen molar-refractivity contribution in [2.45, 2.75) is 19.1 Å². The Hall–Kier alpha value is -0.590. The van der Waals surface area contributed by atoms with Gasteiger partial charge in [-0.3, -0.25) is 4.79 Å². The van der Waals surface area contributed by atoms with Crippen LogP contribution in [0.25, 0.3) is 0 Å². The fourth-order valence-electron chi connectivity index (χ4n) is 2.38. The maximum absolute atomic E-state index is 13.7. The summed E-state index contributed by atoms with van der Waals surface area (Å²) in [7, 11) is 0. The molecule has 0 spiro atoms. The number of thioether (sulfide) groups is 1. The van der Waals surface area contributed by atoms with Gasteiger partial charge in [-0.05, 0) is 36.1 Å². The minimum Gasteiger partial charge on any atom is -0.341 e. The van der Waals surface area contributed by atoms with Crippen molar-refractivity contribution in [1.82, 2.24) is 4.90 Å². The lowest BCUT2D eigenvalue weighted by atomic mass is 9.90. The second-order valence-electron chi connectivity index (χ2n) is 5.81. The van der Waals surface area contributed by atoms with E-state index >= 15 is 0 Å². The highest BCUT2D eigenvalue weighted by molar-refractivity contribution is 9.10. The largest absolute Gasteiger partial charge is 0.341 e. The van der Waals surface area contributed by atoms with Crippen molar-refractivity contribution < 1.29 is 9.18 Å². The Bertz CT molecular complexity index is 528. The van der Waals surface area contributed by atoms with Gasteiger partial charge in [-0.2, -0.15) is 0 Å². The Kier molecular flexibility index (Phi) is 5.68. The number of nitrogens with zero attached hydrogens (tertiary/aromatic N) is 1. The van der Waals surface area contributed by atoms with Crippen molar-refractivity contribution in [2.75, 3.05) is 25.4 Å². The van der Waals surface area contributed by atoms with E-state index < -0.39 is 0 Å². The molecule has 1 aromatic rings. The van der Waals surface area contributed by atoms with Gasteiger partial charge in [-0.15, -0.1) is 11.8 Å². The molecular formula is C15H20BrFN2OS. The Balaban J connectivity index is 1.80. The third-order valence-corrected chi connectivity index (χ3v) is 5.36. The van der Waals surface area contributed by atoms with Gasteiger partial charge in [0.25, 0.3) is 0 Å². The van der Waals surface area contributed by atoms with Crippen molar-refractivity contribution in [3.8, 4) is 0 Å². The van der Waals surface area contributed by atoms with Gasteiger partial charge in [0, 0.05) is 23.3 Å². The van der Waals surface area contributed by atoms with Crippen molar-refractivity contribution in [1.29, 1.82) is 0 Å². The first-order valence-electron chi connectivity index (χ1n) is 6.93. The van der Waals surface area contributed by atoms with Crippen LogP contribution in [0.3, 0.4) is 0 Å². The van der Waals surface area contributed by atoms with Crippen LogP contribution in [0, 0.1) is 11.2 Å². The number of likely N-dealkylation sites (tertiary alicyclic amines) is 1. The number of carbonyl (C=O) groups is 1. The summed E-state index contributed by atoms with van der Waals surface area (Å²) in [5.41, 5.74) is 6.43. The highest BCUT2D eigenvalue weighted by Crippen LogP contribution is 2.29. The molecule has 1 fully saturated rings. The number of hydrogen-bond acceptors (Lipinski definition) is 3. The van der Waals surface area contributed by atoms with Crippen molar-refractivity contribution in [2.24, 2.45) is 11.1 Å². The topological polar surface area (TPSA) is 46.3 Å². The van der Waals surface area contributed by atoms with Crippen LogP contribution in [-0.2, 0) is 10.5 Å². The zero-order chi connectivity index (χ0) is 15.5. The molecule has 0 saturated carbocycles. The quantitative estimate of drug-likeness (QED) is 0.861. The summed E-state index contributed by atoms with van der Waals surface area (Å²) in [6.07, 6.45) is 0.960. The van der Waals surface area contributed by atoms with E-state index in [0.29, 0.717) is 23.6 Å². The number of carbonyl (C=O) groups excluding carboxylic acids is 1. The fraction of sp³-hybridized carbons (Fsp3) is 0.533. The minimum absolute atomic E-state index is 0.0537. The Labute approximate surface area is 137 Å². The molecule has 6 heteroatoms. The maximum Gasteiger partial charge on any atom is 0.232 e. The van der Waals surface area contributed by atoms with E-state index in [-0.39, 0.29) is 17.1 Å². The molecule has 1 saturated heterocycles. The van der Waals surface area contributed by atoms with Gasteiger partial charge in [-0.25, -0.2) is 4.39 Å². The summed E-state index contributed by atoms with van der Waals surface area (Å²) in [6, 6.07) is 5.01. The average molecular weight is 375 g/mol. The fourth-order valence-corrected chi connectivity index (χ4v) is 3.63. The molecule has 1 heterocycles. The molecule has 1 atom stereocenters. The molecule has 2 N–H and O–H groups in total. The van der Waals surface area contributed by atoms with E-state index in [1.807, 2.05) is 11.0 Å². The number of amides is 1. The number of hydrogen-bond donors (Lipinski definition) is 1. The van der Waals surface area contributed by atoms with Gasteiger partial charge >= 0.3 is 0 Å². The maximum atomic E-state index is 13.7. The van der Waals surface area contributed by atoms with Crippen LogP contribution in [0.5, 0.6) is 0 Å². The molecule has 0 aromatic heterocycles. The van der Waals surface area contributed by atoms with E-state index in [9.17, 15) is 9.18 Å². The van der Waals surface area contributed by atoms with Gasteiger partial charge in [0.15, 0.2) is 0 Å². The lowest BCUT2D eigenvalue weighted by Crippen LogP contribution is -2.35. The van der Waals surface area contributed by atoms with Gasteiger partial charge in [0.05, 0.1) is 5.75 Å². The molecule has 1 aromatic carbocycles. The lowest BCUT2D eigenvalue weighted by molar-refractivity contribution is -0.127. The summed E-state index contributed by atoms with van der Waals surface area (Å²) >= 11 is 4.68. The molecular weight excluding hydrogens is 355 g/mol. The van der Waals surface area contributed by atoms with Gasteiger partial charge in [0.1, 0.15) is 5.82 Å². The van der Waals surface area contributed by atoms with E-state index in [1.54, 1.807) is 6.07 Å². The van der Waals surface area contributed by atoms with E-state index in [4.69, 9.17) is 5.73 Å². The summed E-state index contributed by atoms with van der Waals surface area (Å²) in [5.74, 6) is 0.777. The molecule has 0 aliphatic carbocycles. The van der Waals surface area contributed by atoms with Gasteiger partial charge in [0.2, 0.25) is 5.91 Å². The smallest absolute Gasteiger partial charge is 0.232 e. The molecule has 1 aliphatic rings. The van der Waals surface area contributed by atoms with Crippen LogP contribution in [-0.4, -0.2) is 36.2 Å². The van der Waals surface area contributed by atoms with Crippen molar-refractivity contribution in [3.63, 3.8) is 0 Å². The third-order valence-electron chi connectivity index (χ3n) is 3.90. The molecule has 0 radical (unpaired) electrons. The minimum atomic E-state index is -0.235. The van der Waals surface area contributed by atoms with E-state index in [1.165, 1.54) is 17.8 Å². The predicted molar refractivity (Wildman–Crippen MR) is 88.6 cm³/mol. The summed E-state index contributed by atoms with van der Waals surface area (Å²) < 4.78 is 14.4. The third kappa shape index (κ3) is 4.44. The first-order valence-corrected chi connectivity index (χ1v) is 8.88. The Morgan fingerprint density at radius 3 is 2.95 bits per heavy atom. The molecule has 116 valence electrons. The second kappa shape index (κ2) is 7.11. The highest BCUT2D eigenvalue weighted by atomic mass is 79.9. The molecule has 1 amide bonds. The zero-order valence-electron chi connectivity index (χ0n) is 12.1. The van der Waals surface area contributed by atoms with Crippen LogP contribution in [0.15, 0.2) is 22.7 Å². The molecule has 1 aliphatic heterocycles. The van der Waals surface area contributed by atoms with E-state index in [0.717, 1.165) is 24.0 Å². The SMILES string of the molecule is CC1(CN)CCN(C(=O)CSCc2ccc(Br)cc2F)C1. The standard InChI is InChI=1S/C15H20BrFN2OS/c1-15(9-18)4-5-19(10-15)14(20)8-21-7-11-2-3-12(16)6-13(11)17/h2-3,6H,4-5,7-10,18H2,1H3. The van der Waals surface area contributed by atoms with E-state index in [2.05, 4.69) is 22.9 Å². The monoisotopic (exact) mass is 374 g/mol. The first kappa shape index (κ1) is 16.8. The van der Waals surface area contributed by atoms with Gasteiger partial charge in [-0.1, -0.05) is 28.9 Å². The summed E-state index contributed by atoms with van der Waals surface area (Å²) in [4.78, 5) is 14.0. The summed E-state index contributed by atoms with van der Waals surface area (Å²) in [6.45, 7) is 4.23. The second-order valence-corrected chi connectivity index (χ2v) is 7.71. The molecule has 2 rings (SSSR count). The molecule has 3 nitrogen and oxygen atoms in total. The molecule has 0 bridgehead atoms. The number of nitrogens with two attached hydrogens (primary N) is 1. The van der Waals surface area contributed by atoms with Crippen LogP contribution >= 0.6 is 27.7 Å². The highest BCUT2D eigenvalue weighted by Gasteiger charge is 2.34. The van der Waals surface area contributed by atoms with Crippen LogP contribution in [0.2, 0.25) is 0 Å². The lowest BCUT2D eigenvalue weighted by Gasteiger charge is -2.22. The predicted octanol–water partition coefficient (Wildman–Crippen LogP) is 3.02. The Morgan fingerprint density at radius 1 is 1.57 bits per heavy atom. The first-order chi connectivity index (χ1) is 9.93. The van der Waals surface area contributed by atoms with Crippen LogP contribution in [0.1, 0.15) is 18.9 Å². The zero-order valence-corrected chi connectivity index (χ0v) is 14.5. The van der Waals surface area contributed by atoms with Crippen LogP contribution < -0.4 is 5.73 Å². The summed E-state index contributed by atoms with van der Waals surface area (Å²) in [5, 5.41) is 0. The number of halogens is 2.